The van der Waals surface area contributed by atoms with Crippen LogP contribution >= 0.6 is 0 Å². The zero-order chi connectivity index (χ0) is 16.9. The molecule has 24 heavy (non-hydrogen) atoms. The highest BCUT2D eigenvalue weighted by Gasteiger charge is 2.13. The highest BCUT2D eigenvalue weighted by Crippen LogP contribution is 2.20. The minimum atomic E-state index is 0.476. The maximum atomic E-state index is 5.82. The first-order valence-electron chi connectivity index (χ1n) is 7.79. The van der Waals surface area contributed by atoms with Gasteiger partial charge in [-0.05, 0) is 43.7 Å². The number of aryl methyl sites for hydroxylation is 1. The van der Waals surface area contributed by atoms with Crippen molar-refractivity contribution in [2.24, 2.45) is 4.99 Å². The van der Waals surface area contributed by atoms with E-state index >= 15 is 0 Å². The summed E-state index contributed by atoms with van der Waals surface area (Å²) in [5.41, 5.74) is 5.24. The van der Waals surface area contributed by atoms with Crippen LogP contribution in [0.2, 0.25) is 0 Å². The summed E-state index contributed by atoms with van der Waals surface area (Å²) >= 11 is 0. The Balaban J connectivity index is 1.83. The Bertz CT molecular complexity index is 836. The molecule has 2 aromatic heterocycles. The first-order valence-corrected chi connectivity index (χ1v) is 7.79. The van der Waals surface area contributed by atoms with Gasteiger partial charge in [-0.1, -0.05) is 12.1 Å². The summed E-state index contributed by atoms with van der Waals surface area (Å²) in [6.07, 6.45) is 5.27. The molecule has 0 N–H and O–H groups in total. The summed E-state index contributed by atoms with van der Waals surface area (Å²) in [7, 11) is 1.77. The van der Waals surface area contributed by atoms with E-state index in [0.29, 0.717) is 6.61 Å². The van der Waals surface area contributed by atoms with Gasteiger partial charge < -0.3 is 4.74 Å². The van der Waals surface area contributed by atoms with E-state index in [-0.39, 0.29) is 0 Å². The molecule has 0 amide bonds. The lowest BCUT2D eigenvalue weighted by atomic mass is 10.2. The molecule has 0 atom stereocenters. The first kappa shape index (κ1) is 15.9. The standard InChI is InChI=1S/C19H20N4O/c1-14-19(13-24-18-5-4-10-21-12-18)15(2)23(22-14)17-8-6-16(7-9-17)11-20-3/h4-12H,13H2,1-3H3. The largest absolute Gasteiger partial charge is 0.487 e. The summed E-state index contributed by atoms with van der Waals surface area (Å²) < 4.78 is 7.77. The van der Waals surface area contributed by atoms with Crippen LogP contribution in [-0.4, -0.2) is 28.0 Å². The van der Waals surface area contributed by atoms with Gasteiger partial charge in [-0.25, -0.2) is 4.68 Å². The molecular weight excluding hydrogens is 300 g/mol. The van der Waals surface area contributed by atoms with Crippen LogP contribution in [0.3, 0.4) is 0 Å². The maximum Gasteiger partial charge on any atom is 0.138 e. The molecule has 0 saturated carbocycles. The molecule has 122 valence electrons. The molecule has 0 spiro atoms. The van der Waals surface area contributed by atoms with Crippen molar-refractivity contribution in [1.82, 2.24) is 14.8 Å². The molecule has 0 saturated heterocycles. The van der Waals surface area contributed by atoms with Crippen LogP contribution in [-0.2, 0) is 6.61 Å². The lowest BCUT2D eigenvalue weighted by molar-refractivity contribution is 0.303. The summed E-state index contributed by atoms with van der Waals surface area (Å²) in [4.78, 5) is 8.09. The van der Waals surface area contributed by atoms with Gasteiger partial charge in [0.25, 0.3) is 0 Å². The zero-order valence-electron chi connectivity index (χ0n) is 14.1. The second-order valence-electron chi connectivity index (χ2n) is 5.52. The summed E-state index contributed by atoms with van der Waals surface area (Å²) in [5.74, 6) is 0.757. The van der Waals surface area contributed by atoms with Crippen molar-refractivity contribution in [2.75, 3.05) is 7.05 Å². The van der Waals surface area contributed by atoms with Crippen LogP contribution < -0.4 is 4.74 Å². The fourth-order valence-corrected chi connectivity index (χ4v) is 2.57. The topological polar surface area (TPSA) is 52.3 Å². The molecule has 2 heterocycles. The van der Waals surface area contributed by atoms with Crippen molar-refractivity contribution in [3.05, 3.63) is 71.3 Å². The van der Waals surface area contributed by atoms with Crippen molar-refractivity contribution >= 4 is 6.21 Å². The molecule has 0 aliphatic carbocycles. The van der Waals surface area contributed by atoms with Crippen LogP contribution in [0.4, 0.5) is 0 Å². The van der Waals surface area contributed by atoms with Crippen molar-refractivity contribution < 1.29 is 4.74 Å². The number of hydrogen-bond donors (Lipinski definition) is 0. The number of pyridine rings is 1. The lowest BCUT2D eigenvalue weighted by Crippen LogP contribution is -2.01. The van der Waals surface area contributed by atoms with Crippen molar-refractivity contribution in [3.8, 4) is 11.4 Å². The fourth-order valence-electron chi connectivity index (χ4n) is 2.57. The Labute approximate surface area is 141 Å². The van der Waals surface area contributed by atoms with Crippen LogP contribution in [0.25, 0.3) is 5.69 Å². The van der Waals surface area contributed by atoms with Crippen molar-refractivity contribution in [1.29, 1.82) is 0 Å². The Hall–Kier alpha value is -2.95. The highest BCUT2D eigenvalue weighted by atomic mass is 16.5. The second-order valence-corrected chi connectivity index (χ2v) is 5.52. The molecule has 3 rings (SSSR count). The third-order valence-corrected chi connectivity index (χ3v) is 3.87. The normalized spacial score (nSPS) is 11.1. The van der Waals surface area contributed by atoms with Gasteiger partial charge in [0.1, 0.15) is 12.4 Å². The molecule has 5 heteroatoms. The van der Waals surface area contributed by atoms with E-state index in [2.05, 4.69) is 22.0 Å². The van der Waals surface area contributed by atoms with E-state index in [9.17, 15) is 0 Å². The number of aliphatic imine (C=N–C) groups is 1. The predicted octanol–water partition coefficient (Wildman–Crippen LogP) is 3.51. The smallest absolute Gasteiger partial charge is 0.138 e. The summed E-state index contributed by atoms with van der Waals surface area (Å²) in [6, 6.07) is 11.9. The number of benzene rings is 1. The SMILES string of the molecule is CN=Cc1ccc(-n2nc(C)c(COc3cccnc3)c2C)cc1. The molecule has 0 fully saturated rings. The monoisotopic (exact) mass is 320 g/mol. The van der Waals surface area contributed by atoms with Crippen molar-refractivity contribution in [3.63, 3.8) is 0 Å². The van der Waals surface area contributed by atoms with E-state index in [1.54, 1.807) is 19.4 Å². The van der Waals surface area contributed by atoms with E-state index < -0.39 is 0 Å². The number of ether oxygens (including phenoxy) is 1. The molecule has 0 aliphatic rings. The third-order valence-electron chi connectivity index (χ3n) is 3.87. The Morgan fingerprint density at radius 1 is 1.17 bits per heavy atom. The summed E-state index contributed by atoms with van der Waals surface area (Å²) in [5, 5.41) is 4.66. The Morgan fingerprint density at radius 3 is 2.62 bits per heavy atom. The Kier molecular flexibility index (Phi) is 4.70. The maximum absolute atomic E-state index is 5.82. The number of hydrogen-bond acceptors (Lipinski definition) is 4. The molecule has 0 unspecified atom stereocenters. The van der Waals surface area contributed by atoms with Crippen LogP contribution in [0, 0.1) is 13.8 Å². The van der Waals surface area contributed by atoms with Gasteiger partial charge in [0.05, 0.1) is 17.6 Å². The minimum Gasteiger partial charge on any atom is -0.487 e. The van der Waals surface area contributed by atoms with Crippen LogP contribution in [0.1, 0.15) is 22.5 Å². The van der Waals surface area contributed by atoms with Gasteiger partial charge in [0, 0.05) is 30.7 Å². The van der Waals surface area contributed by atoms with E-state index in [1.165, 1.54) is 0 Å². The van der Waals surface area contributed by atoms with E-state index in [0.717, 1.165) is 34.0 Å². The van der Waals surface area contributed by atoms with E-state index in [1.807, 2.05) is 54.2 Å². The first-order chi connectivity index (χ1) is 11.7. The molecule has 5 nitrogen and oxygen atoms in total. The van der Waals surface area contributed by atoms with Gasteiger partial charge in [-0.2, -0.15) is 5.10 Å². The van der Waals surface area contributed by atoms with Gasteiger partial charge in [-0.3, -0.25) is 9.98 Å². The number of rotatable bonds is 5. The molecule has 3 aromatic rings. The lowest BCUT2D eigenvalue weighted by Gasteiger charge is -2.07. The van der Waals surface area contributed by atoms with Gasteiger partial charge in [0.2, 0.25) is 0 Å². The van der Waals surface area contributed by atoms with Gasteiger partial charge >= 0.3 is 0 Å². The van der Waals surface area contributed by atoms with Crippen LogP contribution in [0.15, 0.2) is 53.8 Å². The molecule has 1 aromatic carbocycles. The Morgan fingerprint density at radius 2 is 1.96 bits per heavy atom. The van der Waals surface area contributed by atoms with E-state index in [4.69, 9.17) is 4.74 Å². The number of nitrogens with zero attached hydrogens (tertiary/aromatic N) is 4. The average Bonchev–Trinajstić information content (AvgIpc) is 2.89. The minimum absolute atomic E-state index is 0.476. The second kappa shape index (κ2) is 7.08. The highest BCUT2D eigenvalue weighted by molar-refractivity contribution is 5.79. The molecule has 0 bridgehead atoms. The van der Waals surface area contributed by atoms with Gasteiger partial charge in [0.15, 0.2) is 0 Å². The molecule has 0 aliphatic heterocycles. The van der Waals surface area contributed by atoms with Crippen molar-refractivity contribution in [2.45, 2.75) is 20.5 Å². The van der Waals surface area contributed by atoms with Gasteiger partial charge in [-0.15, -0.1) is 0 Å². The summed E-state index contributed by atoms with van der Waals surface area (Å²) in [6.45, 7) is 4.54. The fraction of sp³-hybridized carbons (Fsp3) is 0.211. The third kappa shape index (κ3) is 3.35. The zero-order valence-corrected chi connectivity index (χ0v) is 14.1. The van der Waals surface area contributed by atoms with Crippen LogP contribution in [0.5, 0.6) is 5.75 Å². The number of aromatic nitrogens is 3. The quantitative estimate of drug-likeness (QED) is 0.676. The average molecular weight is 320 g/mol. The molecule has 0 radical (unpaired) electrons. The predicted molar refractivity (Wildman–Crippen MR) is 95.1 cm³/mol. The molecular formula is C19H20N4O.